The molecule has 144 valence electrons. The minimum absolute atomic E-state index is 0.00975. The highest BCUT2D eigenvalue weighted by atomic mass is 32.1. The summed E-state index contributed by atoms with van der Waals surface area (Å²) in [4.78, 5) is 25.8. The molecule has 3 rings (SSSR count). The number of aromatic nitrogens is 1. The van der Waals surface area contributed by atoms with E-state index in [9.17, 15) is 20.2 Å². The minimum atomic E-state index is -0.457. The molecule has 0 atom stereocenters. The zero-order valence-electron chi connectivity index (χ0n) is 15.2. The number of nitrogens with one attached hydrogen (secondary N) is 2. The van der Waals surface area contributed by atoms with Crippen LogP contribution in [0, 0.1) is 21.4 Å². The van der Waals surface area contributed by atoms with Gasteiger partial charge in [0, 0.05) is 47.6 Å². The number of nitro benzene ring substituents is 1. The monoisotopic (exact) mass is 405 g/mol. The van der Waals surface area contributed by atoms with Crippen LogP contribution in [0.4, 0.5) is 17.1 Å². The summed E-state index contributed by atoms with van der Waals surface area (Å²) in [5.41, 5.74) is 3.17. The van der Waals surface area contributed by atoms with E-state index in [1.807, 2.05) is 0 Å². The second kappa shape index (κ2) is 8.77. The first kappa shape index (κ1) is 19.7. The molecule has 0 bridgehead atoms. The van der Waals surface area contributed by atoms with Crippen molar-refractivity contribution in [3.05, 3.63) is 75.2 Å². The Bertz CT molecular complexity index is 1110. The summed E-state index contributed by atoms with van der Waals surface area (Å²) >= 11 is 1.31. The first-order valence-electron chi connectivity index (χ1n) is 8.41. The van der Waals surface area contributed by atoms with Crippen LogP contribution in [0.1, 0.15) is 11.9 Å². The van der Waals surface area contributed by atoms with Crippen LogP contribution in [0.15, 0.2) is 60.1 Å². The number of amides is 1. The highest BCUT2D eigenvalue weighted by Crippen LogP contribution is 2.27. The van der Waals surface area contributed by atoms with Crippen LogP contribution in [0.25, 0.3) is 16.8 Å². The number of nitro groups is 1. The molecule has 3 aromatic rings. The van der Waals surface area contributed by atoms with E-state index < -0.39 is 4.92 Å². The lowest BCUT2D eigenvalue weighted by molar-refractivity contribution is -0.384. The van der Waals surface area contributed by atoms with Crippen molar-refractivity contribution in [3.63, 3.8) is 0 Å². The Kier molecular flexibility index (Phi) is 5.97. The molecule has 1 aromatic heterocycles. The van der Waals surface area contributed by atoms with E-state index in [1.165, 1.54) is 30.4 Å². The predicted octanol–water partition coefficient (Wildman–Crippen LogP) is 4.65. The molecule has 0 saturated heterocycles. The third kappa shape index (κ3) is 5.03. The smallest absolute Gasteiger partial charge is 0.269 e. The molecule has 0 unspecified atom stereocenters. The number of carbonyl (C=O) groups excluding carboxylic acids is 1. The van der Waals surface area contributed by atoms with Gasteiger partial charge in [0.1, 0.15) is 16.6 Å². The average Bonchev–Trinajstić information content (AvgIpc) is 3.19. The number of benzene rings is 2. The molecule has 9 heteroatoms. The summed E-state index contributed by atoms with van der Waals surface area (Å²) < 4.78 is 0. The average molecular weight is 405 g/mol. The topological polar surface area (TPSA) is 121 Å². The summed E-state index contributed by atoms with van der Waals surface area (Å²) in [5, 5.41) is 28.3. The molecule has 0 aliphatic heterocycles. The largest absolute Gasteiger partial charge is 0.360 e. The van der Waals surface area contributed by atoms with Gasteiger partial charge in [-0.2, -0.15) is 5.26 Å². The van der Waals surface area contributed by atoms with E-state index >= 15 is 0 Å². The number of anilines is 2. The van der Waals surface area contributed by atoms with Gasteiger partial charge in [-0.3, -0.25) is 14.9 Å². The minimum Gasteiger partial charge on any atom is -0.360 e. The molecule has 0 spiro atoms. The molecule has 2 N–H and O–H groups in total. The van der Waals surface area contributed by atoms with Gasteiger partial charge in [0.05, 0.1) is 10.6 Å². The Morgan fingerprint density at radius 1 is 1.17 bits per heavy atom. The summed E-state index contributed by atoms with van der Waals surface area (Å²) in [6, 6.07) is 15.3. The third-order valence-electron chi connectivity index (χ3n) is 3.82. The maximum atomic E-state index is 11.1. The molecule has 0 saturated carbocycles. The number of hydrogen-bond donors (Lipinski definition) is 2. The van der Waals surface area contributed by atoms with Crippen LogP contribution in [0.2, 0.25) is 0 Å². The Morgan fingerprint density at radius 2 is 1.83 bits per heavy atom. The van der Waals surface area contributed by atoms with E-state index in [0.717, 1.165) is 11.3 Å². The molecule has 1 amide bonds. The first-order chi connectivity index (χ1) is 14.0. The highest BCUT2D eigenvalue weighted by Gasteiger charge is 2.11. The molecule has 2 aromatic carbocycles. The summed E-state index contributed by atoms with van der Waals surface area (Å²) in [6.45, 7) is 1.44. The number of nitriles is 1. The standard InChI is InChI=1S/C20H15N5O3S/c1-13(26)23-17-6-4-16(5-7-17)22-11-15(10-21)20-24-19(12-29-20)14-2-8-18(9-3-14)25(27)28/h2-9,11-12,22H,1H3,(H,23,26)/b15-11+. The van der Waals surface area contributed by atoms with Crippen LogP contribution < -0.4 is 10.6 Å². The van der Waals surface area contributed by atoms with Gasteiger partial charge in [-0.05, 0) is 36.4 Å². The van der Waals surface area contributed by atoms with Gasteiger partial charge in [0.25, 0.3) is 5.69 Å². The maximum Gasteiger partial charge on any atom is 0.269 e. The molecule has 0 aliphatic rings. The third-order valence-corrected chi connectivity index (χ3v) is 4.69. The quantitative estimate of drug-likeness (QED) is 0.350. The van der Waals surface area contributed by atoms with Gasteiger partial charge in [0.2, 0.25) is 5.91 Å². The molecule has 8 nitrogen and oxygen atoms in total. The molecule has 0 radical (unpaired) electrons. The SMILES string of the molecule is CC(=O)Nc1ccc(N/C=C(\C#N)c2nc(-c3ccc([N+](=O)[O-])cc3)cs2)cc1. The van der Waals surface area contributed by atoms with Crippen molar-refractivity contribution in [3.8, 4) is 17.3 Å². The molecule has 29 heavy (non-hydrogen) atoms. The van der Waals surface area contributed by atoms with Gasteiger partial charge >= 0.3 is 0 Å². The van der Waals surface area contributed by atoms with Gasteiger partial charge in [-0.1, -0.05) is 0 Å². The maximum absolute atomic E-state index is 11.1. The Labute approximate surface area is 170 Å². The van der Waals surface area contributed by atoms with Crippen LogP contribution in [0.3, 0.4) is 0 Å². The second-order valence-corrected chi connectivity index (χ2v) is 6.77. The molecule has 0 fully saturated rings. The fraction of sp³-hybridized carbons (Fsp3) is 0.0500. The van der Waals surface area contributed by atoms with Gasteiger partial charge in [0.15, 0.2) is 0 Å². The summed E-state index contributed by atoms with van der Waals surface area (Å²) in [6.07, 6.45) is 1.56. The van der Waals surface area contributed by atoms with E-state index in [1.54, 1.807) is 48.0 Å². The Hall–Kier alpha value is -4.03. The second-order valence-electron chi connectivity index (χ2n) is 5.91. The lowest BCUT2D eigenvalue weighted by Gasteiger charge is -2.04. The highest BCUT2D eigenvalue weighted by molar-refractivity contribution is 7.11. The summed E-state index contributed by atoms with van der Waals surface area (Å²) in [7, 11) is 0. The first-order valence-corrected chi connectivity index (χ1v) is 9.29. The van der Waals surface area contributed by atoms with Crippen LogP contribution >= 0.6 is 11.3 Å². The Morgan fingerprint density at radius 3 is 2.41 bits per heavy atom. The number of allylic oxidation sites excluding steroid dienone is 1. The molecule has 1 heterocycles. The zero-order valence-corrected chi connectivity index (χ0v) is 16.1. The van der Waals surface area contributed by atoms with Crippen molar-refractivity contribution >= 4 is 39.9 Å². The van der Waals surface area contributed by atoms with Crippen LogP contribution in [0.5, 0.6) is 0 Å². The number of nitrogens with zero attached hydrogens (tertiary/aromatic N) is 3. The van der Waals surface area contributed by atoms with Crippen molar-refractivity contribution in [1.29, 1.82) is 5.26 Å². The normalized spacial score (nSPS) is 10.8. The van der Waals surface area contributed by atoms with Gasteiger partial charge in [-0.15, -0.1) is 11.3 Å². The number of rotatable bonds is 6. The van der Waals surface area contributed by atoms with Crippen LogP contribution in [-0.2, 0) is 4.79 Å². The predicted molar refractivity (Wildman–Crippen MR) is 112 cm³/mol. The number of thiazole rings is 1. The van der Waals surface area contributed by atoms with Crippen molar-refractivity contribution in [2.24, 2.45) is 0 Å². The number of non-ortho nitro benzene ring substituents is 1. The van der Waals surface area contributed by atoms with Crippen LogP contribution in [-0.4, -0.2) is 15.8 Å². The number of hydrogen-bond acceptors (Lipinski definition) is 7. The fourth-order valence-electron chi connectivity index (χ4n) is 2.43. The lowest BCUT2D eigenvalue weighted by Crippen LogP contribution is -2.05. The van der Waals surface area contributed by atoms with Crippen molar-refractivity contribution in [2.75, 3.05) is 10.6 Å². The van der Waals surface area contributed by atoms with Gasteiger partial charge < -0.3 is 10.6 Å². The summed E-state index contributed by atoms with van der Waals surface area (Å²) in [5.74, 6) is -0.148. The van der Waals surface area contributed by atoms with E-state index in [0.29, 0.717) is 22.0 Å². The molecule has 0 aliphatic carbocycles. The Balaban J connectivity index is 1.74. The number of carbonyl (C=O) groups is 1. The lowest BCUT2D eigenvalue weighted by atomic mass is 10.1. The molecular formula is C20H15N5O3S. The van der Waals surface area contributed by atoms with E-state index in [4.69, 9.17) is 0 Å². The van der Waals surface area contributed by atoms with Crippen molar-refractivity contribution in [1.82, 2.24) is 4.98 Å². The van der Waals surface area contributed by atoms with E-state index in [-0.39, 0.29) is 11.6 Å². The van der Waals surface area contributed by atoms with Gasteiger partial charge in [-0.25, -0.2) is 4.98 Å². The zero-order chi connectivity index (χ0) is 20.8. The van der Waals surface area contributed by atoms with Crippen molar-refractivity contribution < 1.29 is 9.72 Å². The van der Waals surface area contributed by atoms with E-state index in [2.05, 4.69) is 21.7 Å². The van der Waals surface area contributed by atoms with Crippen molar-refractivity contribution in [2.45, 2.75) is 6.92 Å². The fourth-order valence-corrected chi connectivity index (χ4v) is 3.23. The molecular weight excluding hydrogens is 390 g/mol.